The van der Waals surface area contributed by atoms with Crippen LogP contribution in [0.1, 0.15) is 63.9 Å². The van der Waals surface area contributed by atoms with Gasteiger partial charge < -0.3 is 35.6 Å². The van der Waals surface area contributed by atoms with Crippen LogP contribution in [0.15, 0.2) is 30.3 Å². The summed E-state index contributed by atoms with van der Waals surface area (Å²) in [6.07, 6.45) is 0.625. The van der Waals surface area contributed by atoms with Crippen LogP contribution in [0, 0.1) is 5.92 Å². The van der Waals surface area contributed by atoms with Crippen LogP contribution < -0.4 is 5.32 Å². The molecule has 0 aliphatic heterocycles. The highest BCUT2D eigenvalue weighted by Crippen LogP contribution is 2.16. The Kier molecular flexibility index (Phi) is 15.4. The zero-order valence-electron chi connectivity index (χ0n) is 20.0. The second-order valence-electron chi connectivity index (χ2n) is 8.60. The smallest absolute Gasteiger partial charge is 0.318 e. The minimum Gasteiger partial charge on any atom is -0.460 e. The van der Waals surface area contributed by atoms with Gasteiger partial charge in [0.15, 0.2) is 0 Å². The SMILES string of the molecule is CCCCCCCCCC(C(=O)NCC(O)C(O)C(O)C(O)CO)C(=O)OCc1ccccc1. The minimum atomic E-state index is -1.80. The Morgan fingerprint density at radius 1 is 0.882 bits per heavy atom. The number of carbonyl (C=O) groups excluding carboxylic acids is 2. The Balaban J connectivity index is 2.63. The van der Waals surface area contributed by atoms with Crippen molar-refractivity contribution in [1.29, 1.82) is 0 Å². The molecule has 1 aromatic carbocycles. The van der Waals surface area contributed by atoms with Crippen LogP contribution in [0.25, 0.3) is 0 Å². The fraction of sp³-hybridized carbons (Fsp3) is 0.680. The molecule has 9 nitrogen and oxygen atoms in total. The third kappa shape index (κ3) is 11.4. The molecule has 0 aromatic heterocycles. The number of esters is 1. The summed E-state index contributed by atoms with van der Waals surface area (Å²) in [5.41, 5.74) is 0.793. The first-order valence-electron chi connectivity index (χ1n) is 12.1. The van der Waals surface area contributed by atoms with Crippen LogP contribution in [0.4, 0.5) is 0 Å². The van der Waals surface area contributed by atoms with E-state index in [0.29, 0.717) is 6.42 Å². The number of amides is 1. The van der Waals surface area contributed by atoms with E-state index in [-0.39, 0.29) is 13.0 Å². The van der Waals surface area contributed by atoms with Gasteiger partial charge in [0.1, 0.15) is 30.8 Å². The Morgan fingerprint density at radius 2 is 1.47 bits per heavy atom. The monoisotopic (exact) mass is 483 g/mol. The zero-order valence-corrected chi connectivity index (χ0v) is 20.0. The first kappa shape index (κ1) is 30.0. The molecule has 0 heterocycles. The van der Waals surface area contributed by atoms with Gasteiger partial charge in [-0.3, -0.25) is 9.59 Å². The Morgan fingerprint density at radius 3 is 2.09 bits per heavy atom. The Labute approximate surface area is 201 Å². The number of carbonyl (C=O) groups is 2. The van der Waals surface area contributed by atoms with Gasteiger partial charge in [-0.25, -0.2) is 0 Å². The second kappa shape index (κ2) is 17.4. The van der Waals surface area contributed by atoms with Crippen LogP contribution in [-0.2, 0) is 20.9 Å². The van der Waals surface area contributed by atoms with E-state index in [0.717, 1.165) is 37.7 Å². The fourth-order valence-corrected chi connectivity index (χ4v) is 3.50. The third-order valence-electron chi connectivity index (χ3n) is 5.73. The topological polar surface area (TPSA) is 157 Å². The number of nitrogens with one attached hydrogen (secondary N) is 1. The highest BCUT2D eigenvalue weighted by Gasteiger charge is 2.32. The highest BCUT2D eigenvalue weighted by atomic mass is 16.5. The van der Waals surface area contributed by atoms with Crippen molar-refractivity contribution >= 4 is 11.9 Å². The molecular formula is C25H41NO8. The number of benzene rings is 1. The van der Waals surface area contributed by atoms with E-state index in [1.54, 1.807) is 0 Å². The predicted octanol–water partition coefficient (Wildman–Crippen LogP) is 1.04. The van der Waals surface area contributed by atoms with Crippen molar-refractivity contribution in [1.82, 2.24) is 5.32 Å². The summed E-state index contributed by atoms with van der Waals surface area (Å²) in [6.45, 7) is 0.933. The van der Waals surface area contributed by atoms with Gasteiger partial charge in [0.05, 0.1) is 12.7 Å². The number of aliphatic hydroxyl groups is 5. The summed E-state index contributed by atoms with van der Waals surface area (Å²) in [6, 6.07) is 9.10. The second-order valence-corrected chi connectivity index (χ2v) is 8.60. The molecule has 0 fully saturated rings. The quantitative estimate of drug-likeness (QED) is 0.103. The molecule has 0 saturated carbocycles. The third-order valence-corrected chi connectivity index (χ3v) is 5.73. The lowest BCUT2D eigenvalue weighted by atomic mass is 9.98. The molecule has 1 aromatic rings. The van der Waals surface area contributed by atoms with Gasteiger partial charge in [-0.05, 0) is 12.0 Å². The van der Waals surface area contributed by atoms with E-state index < -0.39 is 55.4 Å². The van der Waals surface area contributed by atoms with Crippen molar-refractivity contribution in [2.45, 2.75) is 89.3 Å². The average Bonchev–Trinajstić information content (AvgIpc) is 2.86. The first-order chi connectivity index (χ1) is 16.3. The lowest BCUT2D eigenvalue weighted by Crippen LogP contribution is -2.50. The molecule has 34 heavy (non-hydrogen) atoms. The molecule has 5 atom stereocenters. The van der Waals surface area contributed by atoms with Gasteiger partial charge in [0, 0.05) is 6.54 Å². The summed E-state index contributed by atoms with van der Waals surface area (Å²) in [4.78, 5) is 25.4. The molecule has 1 rings (SSSR count). The summed E-state index contributed by atoms with van der Waals surface area (Å²) in [5.74, 6) is -2.39. The molecule has 0 aliphatic rings. The number of hydrogen-bond donors (Lipinski definition) is 6. The molecule has 0 spiro atoms. The van der Waals surface area contributed by atoms with Crippen LogP contribution in [0.5, 0.6) is 0 Å². The zero-order chi connectivity index (χ0) is 25.3. The maximum atomic E-state index is 12.7. The van der Waals surface area contributed by atoms with Crippen molar-refractivity contribution in [3.05, 3.63) is 35.9 Å². The molecular weight excluding hydrogens is 442 g/mol. The summed E-state index contributed by atoms with van der Waals surface area (Å²) < 4.78 is 5.35. The lowest BCUT2D eigenvalue weighted by molar-refractivity contribution is -0.154. The molecule has 5 unspecified atom stereocenters. The lowest BCUT2D eigenvalue weighted by Gasteiger charge is -2.26. The summed E-state index contributed by atoms with van der Waals surface area (Å²) in [5, 5.41) is 50.3. The van der Waals surface area contributed by atoms with Crippen LogP contribution in [-0.4, -0.2) is 75.0 Å². The highest BCUT2D eigenvalue weighted by molar-refractivity contribution is 5.97. The van der Waals surface area contributed by atoms with Crippen LogP contribution >= 0.6 is 0 Å². The molecule has 1 amide bonds. The number of unbranched alkanes of at least 4 members (excludes halogenated alkanes) is 6. The fourth-order valence-electron chi connectivity index (χ4n) is 3.50. The summed E-state index contributed by atoms with van der Waals surface area (Å²) in [7, 11) is 0. The maximum absolute atomic E-state index is 12.7. The molecule has 0 saturated heterocycles. The summed E-state index contributed by atoms with van der Waals surface area (Å²) >= 11 is 0. The molecule has 0 radical (unpaired) electrons. The normalized spacial score (nSPS) is 15.7. The van der Waals surface area contributed by atoms with Crippen molar-refractivity contribution in [3.8, 4) is 0 Å². The standard InChI is InChI=1S/C25H41NO8/c1-2-3-4-5-6-7-11-14-19(25(33)34-17-18-12-9-8-10-13-18)24(32)26-15-20(28)22(30)23(31)21(29)16-27/h8-10,12-13,19-23,27-31H,2-7,11,14-17H2,1H3,(H,26,32). The molecule has 9 heteroatoms. The van der Waals surface area contributed by atoms with Crippen molar-refractivity contribution in [2.75, 3.05) is 13.2 Å². The van der Waals surface area contributed by atoms with Crippen LogP contribution in [0.3, 0.4) is 0 Å². The van der Waals surface area contributed by atoms with Gasteiger partial charge in [-0.2, -0.15) is 0 Å². The number of hydrogen-bond acceptors (Lipinski definition) is 8. The minimum absolute atomic E-state index is 0.0348. The number of rotatable bonds is 18. The van der Waals surface area contributed by atoms with E-state index in [1.807, 2.05) is 30.3 Å². The van der Waals surface area contributed by atoms with E-state index in [2.05, 4.69) is 12.2 Å². The molecule has 6 N–H and O–H groups in total. The Hall–Kier alpha value is -2.04. The van der Waals surface area contributed by atoms with Gasteiger partial charge in [-0.15, -0.1) is 0 Å². The largest absolute Gasteiger partial charge is 0.460 e. The van der Waals surface area contributed by atoms with Gasteiger partial charge in [-0.1, -0.05) is 82.2 Å². The van der Waals surface area contributed by atoms with Crippen molar-refractivity contribution in [2.24, 2.45) is 5.92 Å². The Bertz CT molecular complexity index is 687. The van der Waals surface area contributed by atoms with Crippen LogP contribution in [0.2, 0.25) is 0 Å². The van der Waals surface area contributed by atoms with E-state index >= 15 is 0 Å². The van der Waals surface area contributed by atoms with Gasteiger partial charge in [0.25, 0.3) is 0 Å². The maximum Gasteiger partial charge on any atom is 0.318 e. The van der Waals surface area contributed by atoms with Gasteiger partial charge in [0.2, 0.25) is 5.91 Å². The van der Waals surface area contributed by atoms with Crippen molar-refractivity contribution < 1.29 is 39.9 Å². The van der Waals surface area contributed by atoms with E-state index in [4.69, 9.17) is 9.84 Å². The molecule has 194 valence electrons. The van der Waals surface area contributed by atoms with E-state index in [1.165, 1.54) is 6.42 Å². The molecule has 0 bridgehead atoms. The first-order valence-corrected chi connectivity index (χ1v) is 12.1. The van der Waals surface area contributed by atoms with Gasteiger partial charge >= 0.3 is 5.97 Å². The number of aliphatic hydroxyl groups excluding tert-OH is 5. The molecule has 0 aliphatic carbocycles. The average molecular weight is 484 g/mol. The van der Waals surface area contributed by atoms with E-state index in [9.17, 15) is 30.0 Å². The number of ether oxygens (including phenoxy) is 1. The van der Waals surface area contributed by atoms with Crippen molar-refractivity contribution in [3.63, 3.8) is 0 Å². The predicted molar refractivity (Wildman–Crippen MR) is 126 cm³/mol.